The van der Waals surface area contributed by atoms with Gasteiger partial charge in [0.2, 0.25) is 11.8 Å². The summed E-state index contributed by atoms with van der Waals surface area (Å²) in [6, 6.07) is 8.29. The number of carbonyl (C=O) groups excluding carboxylic acids is 2. The van der Waals surface area contributed by atoms with Gasteiger partial charge in [0.15, 0.2) is 0 Å². The molecule has 338 valence electrons. The molecule has 0 aliphatic rings. The molecule has 2 N–H and O–H groups in total. The van der Waals surface area contributed by atoms with Crippen molar-refractivity contribution in [3.8, 4) is 0 Å². The lowest BCUT2D eigenvalue weighted by Gasteiger charge is -2.27. The zero-order valence-electron chi connectivity index (χ0n) is 38.7. The van der Waals surface area contributed by atoms with Gasteiger partial charge in [-0.15, -0.1) is 0 Å². The molecule has 10 nitrogen and oxygen atoms in total. The van der Waals surface area contributed by atoms with Gasteiger partial charge in [0.1, 0.15) is 4.91 Å². The van der Waals surface area contributed by atoms with Crippen LogP contribution < -0.4 is 9.80 Å². The summed E-state index contributed by atoms with van der Waals surface area (Å²) in [5.41, 5.74) is 1.91. The first-order valence-corrected chi connectivity index (χ1v) is 23.9. The molecule has 0 aliphatic carbocycles. The molecule has 0 heterocycles. The van der Waals surface area contributed by atoms with E-state index in [1.54, 1.807) is 0 Å². The number of anilines is 2. The third-order valence-corrected chi connectivity index (χ3v) is 11.0. The monoisotopic (exact) mass is 819 g/mol. The fraction of sp³-hybridized carbons (Fsp3) is 0.833. The van der Waals surface area contributed by atoms with Crippen LogP contribution in [0.4, 0.5) is 11.4 Å². The zero-order chi connectivity index (χ0) is 43.1. The quantitative estimate of drug-likeness (QED) is 0.0505. The van der Waals surface area contributed by atoms with Crippen LogP contribution in [0, 0.1) is 4.91 Å². The zero-order valence-corrected chi connectivity index (χ0v) is 38.7. The van der Waals surface area contributed by atoms with Gasteiger partial charge in [-0.3, -0.25) is 9.59 Å². The fourth-order valence-corrected chi connectivity index (χ4v) is 7.56. The van der Waals surface area contributed by atoms with Crippen LogP contribution in [0.25, 0.3) is 0 Å². The SMILES string of the molecule is CCCCCCCCCCCCCCCC(=O)N(CCCN(C)C)c1ccc(N(CCCN(C)C)C(=O)CCCCCCCCCCCCCCC)cc1.O=[N+](O)O. The number of hydrogen-bond donors (Lipinski definition) is 2. The van der Waals surface area contributed by atoms with Crippen molar-refractivity contribution >= 4 is 23.2 Å². The highest BCUT2D eigenvalue weighted by Gasteiger charge is 2.19. The van der Waals surface area contributed by atoms with Crippen LogP contribution in [-0.2, 0) is 9.59 Å². The fourth-order valence-electron chi connectivity index (χ4n) is 7.56. The number of rotatable bonds is 38. The molecule has 1 rings (SSSR count). The van der Waals surface area contributed by atoms with Gasteiger partial charge in [0.25, 0.3) is 0 Å². The molecule has 0 unspecified atom stereocenters. The van der Waals surface area contributed by atoms with Crippen molar-refractivity contribution < 1.29 is 25.1 Å². The largest absolute Gasteiger partial charge is 0.472 e. The molecule has 0 aliphatic heterocycles. The Morgan fingerprint density at radius 1 is 0.414 bits per heavy atom. The lowest BCUT2D eigenvalue weighted by Crippen LogP contribution is -2.34. The summed E-state index contributed by atoms with van der Waals surface area (Å²) in [5, 5.41) is 12.5. The van der Waals surface area contributed by atoms with Crippen molar-refractivity contribution in [2.24, 2.45) is 0 Å². The average Bonchev–Trinajstić information content (AvgIpc) is 3.18. The van der Waals surface area contributed by atoms with E-state index in [9.17, 15) is 9.59 Å². The molecule has 0 spiro atoms. The van der Waals surface area contributed by atoms with Gasteiger partial charge < -0.3 is 19.6 Å². The summed E-state index contributed by atoms with van der Waals surface area (Å²) in [4.78, 5) is 44.0. The van der Waals surface area contributed by atoms with E-state index in [-0.39, 0.29) is 11.8 Å². The van der Waals surface area contributed by atoms with Gasteiger partial charge in [-0.1, -0.05) is 168 Å². The molecule has 1 aromatic carbocycles. The Morgan fingerprint density at radius 2 is 0.638 bits per heavy atom. The highest BCUT2D eigenvalue weighted by molar-refractivity contribution is 5.95. The van der Waals surface area contributed by atoms with Crippen LogP contribution in [-0.4, -0.2) is 91.5 Å². The molecular formula is C48H92N5O5+. The van der Waals surface area contributed by atoms with E-state index in [1.165, 1.54) is 141 Å². The molecule has 2 amide bonds. The summed E-state index contributed by atoms with van der Waals surface area (Å²) < 4.78 is 0. The predicted molar refractivity (Wildman–Crippen MR) is 245 cm³/mol. The van der Waals surface area contributed by atoms with Crippen molar-refractivity contribution in [3.63, 3.8) is 0 Å². The Kier molecular flexibility index (Phi) is 37.9. The first-order valence-electron chi connectivity index (χ1n) is 23.9. The van der Waals surface area contributed by atoms with E-state index >= 15 is 0 Å². The average molecular weight is 819 g/mol. The number of unbranched alkanes of at least 4 members (excludes halogenated alkanes) is 24. The Morgan fingerprint density at radius 3 is 0.862 bits per heavy atom. The second-order valence-electron chi connectivity index (χ2n) is 17.2. The molecule has 0 saturated carbocycles. The predicted octanol–water partition coefficient (Wildman–Crippen LogP) is 12.8. The van der Waals surface area contributed by atoms with Gasteiger partial charge in [0.05, 0.1) is 0 Å². The molecule has 0 fully saturated rings. The smallest absolute Gasteiger partial charge is 0.312 e. The maximum atomic E-state index is 13.6. The maximum absolute atomic E-state index is 13.6. The minimum absolute atomic E-state index is 0.228. The van der Waals surface area contributed by atoms with Crippen molar-refractivity contribution in [1.82, 2.24) is 9.80 Å². The molecule has 10 heteroatoms. The summed E-state index contributed by atoms with van der Waals surface area (Å²) in [6.07, 6.45) is 37.2. The van der Waals surface area contributed by atoms with E-state index in [1.807, 2.05) is 9.80 Å². The molecule has 1 aromatic rings. The van der Waals surface area contributed by atoms with Gasteiger partial charge >= 0.3 is 5.09 Å². The summed E-state index contributed by atoms with van der Waals surface area (Å²) >= 11 is 0. The molecule has 0 atom stereocenters. The Bertz CT molecular complexity index is 1020. The Balaban J connectivity index is 0.00000773. The van der Waals surface area contributed by atoms with Crippen molar-refractivity contribution in [1.29, 1.82) is 0 Å². The minimum atomic E-state index is -1.25. The second kappa shape index (κ2) is 39.7. The first-order chi connectivity index (χ1) is 28.0. The van der Waals surface area contributed by atoms with Gasteiger partial charge in [0, 0.05) is 37.3 Å². The van der Waals surface area contributed by atoms with E-state index in [2.05, 4.69) is 76.1 Å². The summed E-state index contributed by atoms with van der Waals surface area (Å²) in [5.74, 6) is 0.455. The number of hydrogen-bond acceptors (Lipinski definition) is 5. The maximum Gasteiger partial charge on any atom is 0.472 e. The van der Waals surface area contributed by atoms with Gasteiger partial charge in [-0.05, 0) is 91.2 Å². The van der Waals surface area contributed by atoms with Gasteiger partial charge in [-0.2, -0.15) is 0 Å². The third kappa shape index (κ3) is 34.2. The highest BCUT2D eigenvalue weighted by atomic mass is 16.9. The molecular weight excluding hydrogens is 727 g/mol. The van der Waals surface area contributed by atoms with Crippen LogP contribution in [0.15, 0.2) is 24.3 Å². The number of carbonyl (C=O) groups is 2. The molecule has 0 saturated heterocycles. The second-order valence-corrected chi connectivity index (χ2v) is 17.2. The van der Waals surface area contributed by atoms with E-state index < -0.39 is 5.09 Å². The standard InChI is InChI=1S/C48H90N4O2.H2NO3/c1-7-9-11-13-15-17-19-21-23-25-27-29-31-35-47(53)51(43-33-41-49(3)4)45-37-39-46(40-38-45)52(44-34-42-50(5)6)48(54)36-32-30-28-26-24-22-20-18-16-14-12-10-8-2;2-1(3)4/h37-40H,7-36,41-44H2,1-6H3;(H2,2,3,4)/q;+1. The van der Waals surface area contributed by atoms with E-state index in [0.717, 1.165) is 76.1 Å². The number of benzene rings is 1. The van der Waals surface area contributed by atoms with Crippen LogP contribution in [0.5, 0.6) is 0 Å². The normalized spacial score (nSPS) is 11.2. The number of amides is 2. The lowest BCUT2D eigenvalue weighted by molar-refractivity contribution is -0.969. The minimum Gasteiger partial charge on any atom is -0.312 e. The molecule has 0 radical (unpaired) electrons. The Hall–Kier alpha value is -2.72. The van der Waals surface area contributed by atoms with Crippen LogP contribution >= 0.6 is 0 Å². The Labute approximate surface area is 357 Å². The van der Waals surface area contributed by atoms with E-state index in [0.29, 0.717) is 12.8 Å². The van der Waals surface area contributed by atoms with Crippen molar-refractivity contribution in [3.05, 3.63) is 29.2 Å². The molecule has 58 heavy (non-hydrogen) atoms. The summed E-state index contributed by atoms with van der Waals surface area (Å²) in [6.45, 7) is 7.91. The van der Waals surface area contributed by atoms with Crippen LogP contribution in [0.1, 0.15) is 206 Å². The number of nitrogens with zero attached hydrogens (tertiary/aromatic N) is 5. The third-order valence-electron chi connectivity index (χ3n) is 11.0. The summed E-state index contributed by atoms with van der Waals surface area (Å²) in [7, 11) is 8.37. The highest BCUT2D eigenvalue weighted by Crippen LogP contribution is 2.24. The van der Waals surface area contributed by atoms with Crippen molar-refractivity contribution in [2.45, 2.75) is 206 Å². The topological polar surface area (TPSA) is 108 Å². The van der Waals surface area contributed by atoms with Crippen LogP contribution in [0.2, 0.25) is 0 Å². The van der Waals surface area contributed by atoms with Gasteiger partial charge in [-0.25, -0.2) is 10.4 Å². The van der Waals surface area contributed by atoms with Crippen molar-refractivity contribution in [2.75, 3.05) is 64.2 Å². The molecule has 0 bridgehead atoms. The first kappa shape index (κ1) is 55.3. The molecule has 0 aromatic heterocycles. The van der Waals surface area contributed by atoms with E-state index in [4.69, 9.17) is 15.3 Å². The lowest BCUT2D eigenvalue weighted by atomic mass is 10.0. The van der Waals surface area contributed by atoms with Crippen LogP contribution in [0.3, 0.4) is 0 Å².